The van der Waals surface area contributed by atoms with E-state index in [4.69, 9.17) is 33.0 Å². The Balaban J connectivity index is 1.42. The zero-order valence-corrected chi connectivity index (χ0v) is 22.4. The largest absolute Gasteiger partial charge is 0.468 e. The average Bonchev–Trinajstić information content (AvgIpc) is 3.59. The van der Waals surface area contributed by atoms with Gasteiger partial charge in [0.25, 0.3) is 5.91 Å². The molecule has 2 aromatic carbocycles. The molecule has 1 atom stereocenters. The second kappa shape index (κ2) is 11.5. The molecule has 1 amide bonds. The third-order valence-electron chi connectivity index (χ3n) is 5.99. The van der Waals surface area contributed by atoms with Crippen molar-refractivity contribution in [3.05, 3.63) is 112 Å². The van der Waals surface area contributed by atoms with Gasteiger partial charge in [0.2, 0.25) is 0 Å². The van der Waals surface area contributed by atoms with Gasteiger partial charge in [0.1, 0.15) is 5.76 Å². The predicted octanol–water partition coefficient (Wildman–Crippen LogP) is 4.72. The number of carbonyl (C=O) groups excluding carboxylic acids is 1. The minimum Gasteiger partial charge on any atom is -0.468 e. The highest BCUT2D eigenvalue weighted by molar-refractivity contribution is 6.35. The van der Waals surface area contributed by atoms with Crippen molar-refractivity contribution in [1.29, 1.82) is 0 Å². The maximum absolute atomic E-state index is 12.5. The molecule has 0 bridgehead atoms. The molecule has 198 valence electrons. The molecule has 1 aliphatic rings. The van der Waals surface area contributed by atoms with E-state index in [1.165, 1.54) is 6.26 Å². The van der Waals surface area contributed by atoms with Gasteiger partial charge < -0.3 is 15.4 Å². The Bertz CT molecular complexity index is 1540. The van der Waals surface area contributed by atoms with Crippen molar-refractivity contribution in [3.8, 4) is 11.3 Å². The summed E-state index contributed by atoms with van der Waals surface area (Å²) in [4.78, 5) is 12.5. The number of tetrazole rings is 1. The summed E-state index contributed by atoms with van der Waals surface area (Å²) in [5, 5.41) is 25.7. The van der Waals surface area contributed by atoms with Crippen LogP contribution in [0.1, 0.15) is 34.4 Å². The van der Waals surface area contributed by atoms with Crippen LogP contribution in [0, 0.1) is 0 Å². The van der Waals surface area contributed by atoms with Gasteiger partial charge in [-0.1, -0.05) is 47.1 Å². The van der Waals surface area contributed by atoms with Gasteiger partial charge in [-0.2, -0.15) is 10.3 Å². The topological polar surface area (TPSA) is 123 Å². The van der Waals surface area contributed by atoms with Gasteiger partial charge >= 0.3 is 0 Å². The summed E-state index contributed by atoms with van der Waals surface area (Å²) in [6.07, 6.45) is 5.26. The monoisotopic (exact) mass is 562 g/mol. The minimum absolute atomic E-state index is 0.0688. The first-order valence-corrected chi connectivity index (χ1v) is 12.8. The number of hydrogen-bond acceptors (Lipinski definition) is 7. The molecule has 5 rings (SSSR count). The Hall–Kier alpha value is -4.41. The van der Waals surface area contributed by atoms with Gasteiger partial charge in [-0.05, 0) is 61.0 Å². The zero-order chi connectivity index (χ0) is 27.4. The van der Waals surface area contributed by atoms with Crippen LogP contribution in [0.25, 0.3) is 17.0 Å². The number of aromatic amines is 1. The average molecular weight is 563 g/mol. The highest BCUT2D eigenvalue weighted by atomic mass is 35.5. The molecular weight excluding hydrogens is 539 g/mol. The van der Waals surface area contributed by atoms with E-state index >= 15 is 0 Å². The fourth-order valence-electron chi connectivity index (χ4n) is 4.11. The lowest BCUT2D eigenvalue weighted by Gasteiger charge is -2.23. The number of H-pyrrole nitrogens is 1. The Kier molecular flexibility index (Phi) is 7.76. The molecule has 1 aliphatic heterocycles. The summed E-state index contributed by atoms with van der Waals surface area (Å²) in [7, 11) is 0. The molecule has 0 saturated carbocycles. The van der Waals surface area contributed by atoms with Crippen molar-refractivity contribution >= 4 is 34.8 Å². The first kappa shape index (κ1) is 26.2. The van der Waals surface area contributed by atoms with Gasteiger partial charge in [-0.25, -0.2) is 0 Å². The summed E-state index contributed by atoms with van der Waals surface area (Å²) in [5.41, 5.74) is 4.74. The SMILES string of the molecule is C=COC1=CC=C(c2cc(-c3cc(Cl)cc(Cl)c3)nn2Cc2ccc(C(=O)NCc3nn[nH]n3)cc2)NC1C. The van der Waals surface area contributed by atoms with E-state index in [0.29, 0.717) is 28.0 Å². The summed E-state index contributed by atoms with van der Waals surface area (Å²) < 4.78 is 7.39. The highest BCUT2D eigenvalue weighted by Crippen LogP contribution is 2.30. The summed E-state index contributed by atoms with van der Waals surface area (Å²) >= 11 is 12.5. The number of amides is 1. The molecule has 2 aromatic heterocycles. The van der Waals surface area contributed by atoms with Crippen LogP contribution in [0.3, 0.4) is 0 Å². The van der Waals surface area contributed by atoms with Gasteiger partial charge in [-0.3, -0.25) is 9.48 Å². The zero-order valence-electron chi connectivity index (χ0n) is 20.9. The molecule has 0 fully saturated rings. The maximum Gasteiger partial charge on any atom is 0.251 e. The van der Waals surface area contributed by atoms with Crippen LogP contribution in [-0.4, -0.2) is 42.4 Å². The van der Waals surface area contributed by atoms with Crippen molar-refractivity contribution < 1.29 is 9.53 Å². The number of rotatable bonds is 9. The minimum atomic E-state index is -0.235. The van der Waals surface area contributed by atoms with Crippen LogP contribution in [-0.2, 0) is 17.8 Å². The Morgan fingerprint density at radius 1 is 1.15 bits per heavy atom. The van der Waals surface area contributed by atoms with E-state index in [1.54, 1.807) is 18.2 Å². The van der Waals surface area contributed by atoms with Crippen LogP contribution in [0.2, 0.25) is 10.0 Å². The lowest BCUT2D eigenvalue weighted by Crippen LogP contribution is -2.30. The van der Waals surface area contributed by atoms with Crippen molar-refractivity contribution in [2.75, 3.05) is 0 Å². The number of allylic oxidation sites excluding steroid dienone is 2. The van der Waals surface area contributed by atoms with Crippen LogP contribution in [0.15, 0.2) is 79.3 Å². The quantitative estimate of drug-likeness (QED) is 0.252. The van der Waals surface area contributed by atoms with E-state index in [9.17, 15) is 4.79 Å². The van der Waals surface area contributed by atoms with Crippen LogP contribution in [0.4, 0.5) is 0 Å². The van der Waals surface area contributed by atoms with Crippen LogP contribution in [0.5, 0.6) is 0 Å². The van der Waals surface area contributed by atoms with Crippen LogP contribution >= 0.6 is 23.2 Å². The Morgan fingerprint density at radius 3 is 2.59 bits per heavy atom. The molecule has 3 heterocycles. The number of halogens is 2. The van der Waals surface area contributed by atoms with Crippen molar-refractivity contribution in [3.63, 3.8) is 0 Å². The third-order valence-corrected chi connectivity index (χ3v) is 6.43. The molecule has 1 unspecified atom stereocenters. The number of dihydropyridines is 1. The van der Waals surface area contributed by atoms with Gasteiger partial charge in [0, 0.05) is 21.2 Å². The highest BCUT2D eigenvalue weighted by Gasteiger charge is 2.21. The number of hydrogen-bond donors (Lipinski definition) is 3. The molecule has 0 saturated heterocycles. The standard InChI is InChI=1S/C27H24Cl2N8O2/c1-3-39-25-9-8-22(31-16(25)2)24-13-23(19-10-20(28)12-21(29)11-19)34-37(24)15-17-4-6-18(7-5-17)27(38)30-14-26-32-35-36-33-26/h3-13,16,31H,1,14-15H2,2H3,(H,30,38)(H,32,33,35,36). The molecule has 0 aliphatic carbocycles. The first-order chi connectivity index (χ1) is 18.9. The van der Waals surface area contributed by atoms with E-state index in [1.807, 2.05) is 54.1 Å². The fraction of sp³-hybridized carbons (Fsp3) is 0.148. The molecule has 3 N–H and O–H groups in total. The van der Waals surface area contributed by atoms with Gasteiger partial charge in [0.15, 0.2) is 5.82 Å². The van der Waals surface area contributed by atoms with E-state index in [-0.39, 0.29) is 18.5 Å². The van der Waals surface area contributed by atoms with E-state index in [0.717, 1.165) is 34.0 Å². The second-order valence-electron chi connectivity index (χ2n) is 8.74. The van der Waals surface area contributed by atoms with Crippen molar-refractivity contribution in [2.45, 2.75) is 26.1 Å². The number of carbonyl (C=O) groups is 1. The lowest BCUT2D eigenvalue weighted by molar-refractivity contribution is 0.0950. The molecule has 0 radical (unpaired) electrons. The number of nitrogens with one attached hydrogen (secondary N) is 3. The molecule has 12 heteroatoms. The van der Waals surface area contributed by atoms with Crippen molar-refractivity contribution in [1.82, 2.24) is 41.0 Å². The first-order valence-electron chi connectivity index (χ1n) is 12.0. The number of aromatic nitrogens is 6. The van der Waals surface area contributed by atoms with Gasteiger partial charge in [-0.15, -0.1) is 10.2 Å². The van der Waals surface area contributed by atoms with Gasteiger partial charge in [0.05, 0.1) is 42.5 Å². The molecule has 10 nitrogen and oxygen atoms in total. The van der Waals surface area contributed by atoms with E-state index < -0.39 is 0 Å². The number of nitrogens with zero attached hydrogens (tertiary/aromatic N) is 5. The van der Waals surface area contributed by atoms with E-state index in [2.05, 4.69) is 37.8 Å². The normalized spacial score (nSPS) is 14.7. The summed E-state index contributed by atoms with van der Waals surface area (Å²) in [6, 6.07) is 14.6. The third kappa shape index (κ3) is 6.19. The lowest BCUT2D eigenvalue weighted by atomic mass is 10.1. The summed E-state index contributed by atoms with van der Waals surface area (Å²) in [5.74, 6) is 0.928. The molecule has 4 aromatic rings. The number of ether oxygens (including phenoxy) is 1. The summed E-state index contributed by atoms with van der Waals surface area (Å²) in [6.45, 7) is 6.28. The van der Waals surface area contributed by atoms with Crippen molar-refractivity contribution in [2.24, 2.45) is 0 Å². The molecule has 0 spiro atoms. The fourth-order valence-corrected chi connectivity index (χ4v) is 4.64. The van der Waals surface area contributed by atoms with Crippen LogP contribution < -0.4 is 10.6 Å². The molecular formula is C27H24Cl2N8O2. The predicted molar refractivity (Wildman–Crippen MR) is 149 cm³/mol. The number of benzene rings is 2. The maximum atomic E-state index is 12.5. The molecule has 39 heavy (non-hydrogen) atoms. The Labute approximate surface area is 234 Å². The Morgan fingerprint density at radius 2 is 1.92 bits per heavy atom. The second-order valence-corrected chi connectivity index (χ2v) is 9.61. The smallest absolute Gasteiger partial charge is 0.251 e.